The molecule has 1 aromatic carbocycles. The van der Waals surface area contributed by atoms with Crippen molar-refractivity contribution in [2.75, 3.05) is 7.05 Å². The number of hydrogen-bond acceptors (Lipinski definition) is 2. The number of benzene rings is 1. The van der Waals surface area contributed by atoms with Crippen LogP contribution in [0.15, 0.2) is 30.6 Å². The van der Waals surface area contributed by atoms with Crippen molar-refractivity contribution >= 4 is 23.6 Å². The van der Waals surface area contributed by atoms with Crippen LogP contribution in [0.25, 0.3) is 11.8 Å². The van der Waals surface area contributed by atoms with Crippen LogP contribution in [-0.4, -0.2) is 27.4 Å². The molecule has 2 aromatic rings. The van der Waals surface area contributed by atoms with Crippen molar-refractivity contribution < 1.29 is 4.79 Å². The third-order valence-electron chi connectivity index (χ3n) is 3.42. The second-order valence-electron chi connectivity index (χ2n) is 4.74. The van der Waals surface area contributed by atoms with Crippen LogP contribution in [0.2, 0.25) is 5.02 Å². The highest BCUT2D eigenvalue weighted by atomic mass is 35.5. The molecule has 1 aliphatic rings. The van der Waals surface area contributed by atoms with Crippen molar-refractivity contribution in [3.05, 3.63) is 52.6 Å². The normalized spacial score (nSPS) is 14.3. The van der Waals surface area contributed by atoms with Gasteiger partial charge in [0.1, 0.15) is 6.33 Å². The molecule has 0 spiro atoms. The van der Waals surface area contributed by atoms with E-state index in [2.05, 4.69) is 4.98 Å². The number of rotatable bonds is 1. The molecule has 0 saturated carbocycles. The molecule has 20 heavy (non-hydrogen) atoms. The minimum atomic E-state index is -0.0688. The fourth-order valence-electron chi connectivity index (χ4n) is 2.46. The smallest absolute Gasteiger partial charge is 0.257 e. The van der Waals surface area contributed by atoms with Gasteiger partial charge in [-0.25, -0.2) is 4.98 Å². The molecule has 0 fully saturated rings. The maximum Gasteiger partial charge on any atom is 0.257 e. The molecule has 0 bridgehead atoms. The Kier molecular flexibility index (Phi) is 3.10. The first kappa shape index (κ1) is 12.9. The third kappa shape index (κ3) is 1.84. The van der Waals surface area contributed by atoms with Crippen molar-refractivity contribution in [1.82, 2.24) is 14.5 Å². The van der Waals surface area contributed by atoms with Gasteiger partial charge in [0.05, 0.1) is 34.2 Å². The maximum atomic E-state index is 12.5. The van der Waals surface area contributed by atoms with Crippen molar-refractivity contribution in [2.45, 2.75) is 13.5 Å². The van der Waals surface area contributed by atoms with Crippen molar-refractivity contribution in [2.24, 2.45) is 0 Å². The van der Waals surface area contributed by atoms with Crippen LogP contribution >= 0.6 is 11.6 Å². The van der Waals surface area contributed by atoms with Gasteiger partial charge >= 0.3 is 0 Å². The van der Waals surface area contributed by atoms with Crippen molar-refractivity contribution in [3.63, 3.8) is 0 Å². The van der Waals surface area contributed by atoms with Crippen LogP contribution in [0, 0.1) is 0 Å². The predicted octanol–water partition coefficient (Wildman–Crippen LogP) is 3.14. The lowest BCUT2D eigenvalue weighted by Gasteiger charge is -2.14. The van der Waals surface area contributed by atoms with E-state index in [1.165, 1.54) is 0 Å². The van der Waals surface area contributed by atoms with Crippen LogP contribution < -0.4 is 0 Å². The Labute approximate surface area is 122 Å². The molecule has 0 saturated heterocycles. The molecule has 0 unspecified atom stereocenters. The molecule has 102 valence electrons. The first-order valence-electron chi connectivity index (χ1n) is 6.36. The van der Waals surface area contributed by atoms with Gasteiger partial charge in [-0.2, -0.15) is 0 Å². The Bertz CT molecular complexity index is 718. The number of amides is 1. The van der Waals surface area contributed by atoms with Crippen LogP contribution in [0.5, 0.6) is 0 Å². The Balaban J connectivity index is 2.32. The van der Waals surface area contributed by atoms with Crippen LogP contribution in [0.1, 0.15) is 28.7 Å². The summed E-state index contributed by atoms with van der Waals surface area (Å²) in [4.78, 5) is 18.6. The Hall–Kier alpha value is -2.07. The van der Waals surface area contributed by atoms with Crippen LogP contribution in [0.4, 0.5) is 0 Å². The van der Waals surface area contributed by atoms with E-state index in [0.29, 0.717) is 17.1 Å². The molecule has 4 nitrogen and oxygen atoms in total. The zero-order valence-electron chi connectivity index (χ0n) is 11.3. The molecule has 1 aromatic heterocycles. The Morgan fingerprint density at radius 1 is 1.40 bits per heavy atom. The number of allylic oxidation sites excluding steroid dienone is 1. The summed E-state index contributed by atoms with van der Waals surface area (Å²) in [7, 11) is 1.78. The van der Waals surface area contributed by atoms with E-state index in [9.17, 15) is 4.79 Å². The molecule has 0 atom stereocenters. The standard InChI is InChI=1S/C15H14ClN3O/c1-3-5-11-13-8-18(2)15(20)14-10(16)6-4-7-12(14)19(13)9-17-11/h3-7,9H,8H2,1-2H3/b5-3+. The summed E-state index contributed by atoms with van der Waals surface area (Å²) in [5, 5.41) is 0.466. The summed E-state index contributed by atoms with van der Waals surface area (Å²) < 4.78 is 1.94. The Morgan fingerprint density at radius 2 is 2.20 bits per heavy atom. The van der Waals surface area contributed by atoms with Crippen LogP contribution in [0.3, 0.4) is 0 Å². The monoisotopic (exact) mass is 287 g/mol. The highest BCUT2D eigenvalue weighted by Crippen LogP contribution is 2.30. The molecular weight excluding hydrogens is 274 g/mol. The first-order valence-corrected chi connectivity index (χ1v) is 6.74. The summed E-state index contributed by atoms with van der Waals surface area (Å²) in [5.41, 5.74) is 3.17. The lowest BCUT2D eigenvalue weighted by molar-refractivity contribution is 0.0788. The second kappa shape index (κ2) is 4.80. The molecule has 3 rings (SSSR count). The summed E-state index contributed by atoms with van der Waals surface area (Å²) >= 11 is 6.21. The van der Waals surface area contributed by atoms with Gasteiger partial charge < -0.3 is 4.90 Å². The lowest BCUT2D eigenvalue weighted by Crippen LogP contribution is -2.25. The first-order chi connectivity index (χ1) is 9.63. The second-order valence-corrected chi connectivity index (χ2v) is 5.15. The topological polar surface area (TPSA) is 38.1 Å². The van der Waals surface area contributed by atoms with Gasteiger partial charge in [-0.1, -0.05) is 23.7 Å². The molecule has 0 radical (unpaired) electrons. The average molecular weight is 288 g/mol. The van der Waals surface area contributed by atoms with E-state index >= 15 is 0 Å². The number of halogens is 1. The number of nitrogens with zero attached hydrogens (tertiary/aromatic N) is 3. The molecule has 5 heteroatoms. The minimum Gasteiger partial charge on any atom is -0.336 e. The van der Waals surface area contributed by atoms with Crippen molar-refractivity contribution in [3.8, 4) is 5.69 Å². The SMILES string of the molecule is C/C=C/c1ncn2c1CN(C)C(=O)c1c(Cl)cccc1-2. The molecule has 0 aliphatic carbocycles. The number of carbonyl (C=O) groups is 1. The van der Waals surface area contributed by atoms with Gasteiger partial charge in [0, 0.05) is 7.05 Å². The van der Waals surface area contributed by atoms with E-state index in [-0.39, 0.29) is 5.91 Å². The zero-order chi connectivity index (χ0) is 14.3. The largest absolute Gasteiger partial charge is 0.336 e. The maximum absolute atomic E-state index is 12.5. The van der Waals surface area contributed by atoms with E-state index in [1.54, 1.807) is 24.3 Å². The molecular formula is C15H14ClN3O. The fraction of sp³-hybridized carbons (Fsp3) is 0.200. The number of fused-ring (bicyclic) bond motifs is 3. The van der Waals surface area contributed by atoms with Crippen molar-refractivity contribution in [1.29, 1.82) is 0 Å². The number of hydrogen-bond donors (Lipinski definition) is 0. The van der Waals surface area contributed by atoms with E-state index < -0.39 is 0 Å². The quantitative estimate of drug-likeness (QED) is 0.808. The van der Waals surface area contributed by atoms with Crippen LogP contribution in [-0.2, 0) is 6.54 Å². The average Bonchev–Trinajstić information content (AvgIpc) is 2.76. The third-order valence-corrected chi connectivity index (χ3v) is 3.74. The summed E-state index contributed by atoms with van der Waals surface area (Å²) in [6.45, 7) is 2.45. The highest BCUT2D eigenvalue weighted by Gasteiger charge is 2.27. The fourth-order valence-corrected chi connectivity index (χ4v) is 2.71. The number of imidazole rings is 1. The molecule has 0 N–H and O–H groups in total. The highest BCUT2D eigenvalue weighted by molar-refractivity contribution is 6.34. The Morgan fingerprint density at radius 3 is 2.95 bits per heavy atom. The minimum absolute atomic E-state index is 0.0688. The summed E-state index contributed by atoms with van der Waals surface area (Å²) in [5.74, 6) is -0.0688. The van der Waals surface area contributed by atoms with Gasteiger partial charge in [0.15, 0.2) is 0 Å². The predicted molar refractivity (Wildman–Crippen MR) is 79.1 cm³/mol. The van der Waals surface area contributed by atoms with Gasteiger partial charge in [0.2, 0.25) is 0 Å². The zero-order valence-corrected chi connectivity index (χ0v) is 12.1. The van der Waals surface area contributed by atoms with E-state index in [1.807, 2.05) is 35.8 Å². The molecule has 1 amide bonds. The lowest BCUT2D eigenvalue weighted by atomic mass is 10.1. The van der Waals surface area contributed by atoms with Gasteiger partial charge in [0.25, 0.3) is 5.91 Å². The summed E-state index contributed by atoms with van der Waals surface area (Å²) in [6.07, 6.45) is 5.63. The van der Waals surface area contributed by atoms with Gasteiger partial charge in [-0.05, 0) is 25.1 Å². The summed E-state index contributed by atoms with van der Waals surface area (Å²) in [6, 6.07) is 5.47. The van der Waals surface area contributed by atoms with Gasteiger partial charge in [-0.15, -0.1) is 0 Å². The van der Waals surface area contributed by atoms with E-state index in [4.69, 9.17) is 11.6 Å². The van der Waals surface area contributed by atoms with Gasteiger partial charge in [-0.3, -0.25) is 9.36 Å². The molecule has 2 heterocycles. The number of carbonyl (C=O) groups excluding carboxylic acids is 1. The van der Waals surface area contributed by atoms with E-state index in [0.717, 1.165) is 17.1 Å². The number of aromatic nitrogens is 2. The molecule has 1 aliphatic heterocycles.